The molecule has 0 atom stereocenters. The number of amides is 2. The number of rotatable bonds is 5. The van der Waals surface area contributed by atoms with E-state index in [4.69, 9.17) is 20.9 Å². The molecular formula is C22H20ClN3O4. The van der Waals surface area contributed by atoms with Crippen LogP contribution >= 0.6 is 11.6 Å². The Balaban J connectivity index is 1.28. The molecule has 7 nitrogen and oxygen atoms in total. The number of benzene rings is 2. The molecule has 0 aliphatic carbocycles. The fourth-order valence-corrected chi connectivity index (χ4v) is 3.33. The van der Waals surface area contributed by atoms with Crippen molar-refractivity contribution in [3.05, 3.63) is 71.4 Å². The minimum Gasteiger partial charge on any atom is -0.484 e. The van der Waals surface area contributed by atoms with Crippen molar-refractivity contribution >= 4 is 23.4 Å². The number of aromatic nitrogens is 1. The third-order valence-electron chi connectivity index (χ3n) is 4.88. The molecule has 2 heterocycles. The van der Waals surface area contributed by atoms with Crippen LogP contribution in [0.4, 0.5) is 0 Å². The predicted octanol–water partition coefficient (Wildman–Crippen LogP) is 3.36. The lowest BCUT2D eigenvalue weighted by Crippen LogP contribution is -2.51. The van der Waals surface area contributed by atoms with Crippen molar-refractivity contribution in [1.82, 2.24) is 15.0 Å². The monoisotopic (exact) mass is 425 g/mol. The Hall–Kier alpha value is -3.32. The summed E-state index contributed by atoms with van der Waals surface area (Å²) in [5.41, 5.74) is 1.12. The zero-order chi connectivity index (χ0) is 20.9. The van der Waals surface area contributed by atoms with E-state index in [1.807, 2.05) is 30.3 Å². The van der Waals surface area contributed by atoms with Gasteiger partial charge in [0.25, 0.3) is 11.8 Å². The van der Waals surface area contributed by atoms with E-state index >= 15 is 0 Å². The van der Waals surface area contributed by atoms with Crippen LogP contribution in [0.5, 0.6) is 5.75 Å². The second kappa shape index (κ2) is 9.00. The summed E-state index contributed by atoms with van der Waals surface area (Å²) < 4.78 is 10.8. The van der Waals surface area contributed by atoms with Crippen LogP contribution < -0.4 is 4.74 Å². The van der Waals surface area contributed by atoms with Crippen LogP contribution in [0, 0.1) is 0 Å². The van der Waals surface area contributed by atoms with Crippen molar-refractivity contribution in [3.63, 3.8) is 0 Å². The van der Waals surface area contributed by atoms with Crippen molar-refractivity contribution in [2.24, 2.45) is 0 Å². The maximum absolute atomic E-state index is 12.7. The summed E-state index contributed by atoms with van der Waals surface area (Å²) in [7, 11) is 0. The van der Waals surface area contributed by atoms with E-state index in [1.165, 1.54) is 0 Å². The van der Waals surface area contributed by atoms with Gasteiger partial charge in [0.1, 0.15) is 5.75 Å². The zero-order valence-corrected chi connectivity index (χ0v) is 16.9. The smallest absolute Gasteiger partial charge is 0.276 e. The van der Waals surface area contributed by atoms with Crippen LogP contribution in [0.15, 0.2) is 65.2 Å². The molecule has 3 aromatic rings. The fourth-order valence-electron chi connectivity index (χ4n) is 3.20. The van der Waals surface area contributed by atoms with Gasteiger partial charge in [-0.3, -0.25) is 9.59 Å². The number of carbonyl (C=O) groups excluding carboxylic acids is 2. The number of ether oxygens (including phenoxy) is 1. The average molecular weight is 426 g/mol. The molecule has 0 unspecified atom stereocenters. The molecule has 1 aliphatic heterocycles. The first kappa shape index (κ1) is 20.0. The van der Waals surface area contributed by atoms with Gasteiger partial charge in [-0.2, -0.15) is 0 Å². The molecule has 0 saturated carbocycles. The maximum Gasteiger partial charge on any atom is 0.276 e. The molecule has 2 aromatic carbocycles. The maximum atomic E-state index is 12.7. The largest absolute Gasteiger partial charge is 0.484 e. The molecule has 0 bridgehead atoms. The summed E-state index contributed by atoms with van der Waals surface area (Å²) in [6.45, 7) is 1.69. The summed E-state index contributed by atoms with van der Waals surface area (Å²) in [4.78, 5) is 28.5. The fraction of sp³-hybridized carbons (Fsp3) is 0.227. The Morgan fingerprint density at radius 3 is 2.33 bits per heavy atom. The van der Waals surface area contributed by atoms with Crippen molar-refractivity contribution in [2.45, 2.75) is 0 Å². The van der Waals surface area contributed by atoms with Gasteiger partial charge in [0.2, 0.25) is 0 Å². The lowest BCUT2D eigenvalue weighted by atomic mass is 10.1. The SMILES string of the molecule is O=C(COc1ccc(Cl)cc1)N1CCN(C(=O)c2cc(-c3ccccc3)on2)CC1. The van der Waals surface area contributed by atoms with Crippen LogP contribution in [0.1, 0.15) is 10.5 Å². The second-order valence-electron chi connectivity index (χ2n) is 6.86. The van der Waals surface area contributed by atoms with E-state index in [-0.39, 0.29) is 24.1 Å². The summed E-state index contributed by atoms with van der Waals surface area (Å²) in [6.07, 6.45) is 0. The number of nitrogens with zero attached hydrogens (tertiary/aromatic N) is 3. The summed E-state index contributed by atoms with van der Waals surface area (Å²) in [5, 5.41) is 4.52. The number of piperazine rings is 1. The van der Waals surface area contributed by atoms with Gasteiger partial charge in [-0.25, -0.2) is 0 Å². The van der Waals surface area contributed by atoms with E-state index in [0.717, 1.165) is 5.56 Å². The summed E-state index contributed by atoms with van der Waals surface area (Å²) in [6, 6.07) is 18.0. The molecule has 0 spiro atoms. The molecule has 1 aliphatic rings. The zero-order valence-electron chi connectivity index (χ0n) is 16.2. The standard InChI is InChI=1S/C22H20ClN3O4/c23-17-6-8-18(9-7-17)29-15-21(27)25-10-12-26(13-11-25)22(28)19-14-20(30-24-19)16-4-2-1-3-5-16/h1-9,14H,10-13,15H2. The van der Waals surface area contributed by atoms with Gasteiger partial charge >= 0.3 is 0 Å². The van der Waals surface area contributed by atoms with E-state index < -0.39 is 0 Å². The predicted molar refractivity (Wildman–Crippen MR) is 111 cm³/mol. The Labute approximate surface area is 178 Å². The Kier molecular flexibility index (Phi) is 5.99. The third kappa shape index (κ3) is 4.63. The van der Waals surface area contributed by atoms with Gasteiger partial charge in [-0.15, -0.1) is 0 Å². The lowest BCUT2D eigenvalue weighted by molar-refractivity contribution is -0.134. The number of hydrogen-bond acceptors (Lipinski definition) is 5. The van der Waals surface area contributed by atoms with Crippen LogP contribution in [0.25, 0.3) is 11.3 Å². The van der Waals surface area contributed by atoms with E-state index in [1.54, 1.807) is 40.1 Å². The van der Waals surface area contributed by atoms with Gasteiger partial charge < -0.3 is 19.1 Å². The van der Waals surface area contributed by atoms with Crippen molar-refractivity contribution in [2.75, 3.05) is 32.8 Å². The molecule has 0 N–H and O–H groups in total. The average Bonchev–Trinajstić information content (AvgIpc) is 3.29. The molecule has 1 aromatic heterocycles. The highest BCUT2D eigenvalue weighted by Gasteiger charge is 2.27. The second-order valence-corrected chi connectivity index (χ2v) is 7.29. The molecule has 4 rings (SSSR count). The molecule has 2 amide bonds. The minimum atomic E-state index is -0.203. The Bertz CT molecular complexity index is 1010. The molecule has 8 heteroatoms. The number of hydrogen-bond donors (Lipinski definition) is 0. The lowest BCUT2D eigenvalue weighted by Gasteiger charge is -2.34. The number of carbonyl (C=O) groups is 2. The first-order chi connectivity index (χ1) is 14.6. The van der Waals surface area contributed by atoms with Gasteiger partial charge in [0.15, 0.2) is 18.1 Å². The van der Waals surface area contributed by atoms with Crippen molar-refractivity contribution in [3.8, 4) is 17.1 Å². The highest BCUT2D eigenvalue weighted by molar-refractivity contribution is 6.30. The van der Waals surface area contributed by atoms with Gasteiger partial charge in [-0.05, 0) is 24.3 Å². The van der Waals surface area contributed by atoms with Crippen LogP contribution in [0.2, 0.25) is 5.02 Å². The quantitative estimate of drug-likeness (QED) is 0.626. The van der Waals surface area contributed by atoms with Crippen molar-refractivity contribution < 1.29 is 18.8 Å². The molecule has 0 radical (unpaired) electrons. The molecular weight excluding hydrogens is 406 g/mol. The summed E-state index contributed by atoms with van der Waals surface area (Å²) in [5.74, 6) is 0.809. The van der Waals surface area contributed by atoms with Crippen LogP contribution in [-0.2, 0) is 4.79 Å². The van der Waals surface area contributed by atoms with Gasteiger partial charge in [-0.1, -0.05) is 47.1 Å². The molecule has 30 heavy (non-hydrogen) atoms. The van der Waals surface area contributed by atoms with Crippen molar-refractivity contribution in [1.29, 1.82) is 0 Å². The molecule has 1 fully saturated rings. The first-order valence-corrected chi connectivity index (χ1v) is 9.95. The normalized spacial score (nSPS) is 13.9. The highest BCUT2D eigenvalue weighted by Crippen LogP contribution is 2.21. The van der Waals surface area contributed by atoms with Crippen LogP contribution in [0.3, 0.4) is 0 Å². The van der Waals surface area contributed by atoms with E-state index in [0.29, 0.717) is 42.7 Å². The van der Waals surface area contributed by atoms with E-state index in [2.05, 4.69) is 5.16 Å². The molecule has 154 valence electrons. The highest BCUT2D eigenvalue weighted by atomic mass is 35.5. The Morgan fingerprint density at radius 1 is 0.967 bits per heavy atom. The first-order valence-electron chi connectivity index (χ1n) is 9.58. The Morgan fingerprint density at radius 2 is 1.63 bits per heavy atom. The third-order valence-corrected chi connectivity index (χ3v) is 5.14. The topological polar surface area (TPSA) is 75.9 Å². The molecule has 1 saturated heterocycles. The van der Waals surface area contributed by atoms with E-state index in [9.17, 15) is 9.59 Å². The number of halogens is 1. The van der Waals surface area contributed by atoms with Gasteiger partial charge in [0, 0.05) is 42.8 Å². The minimum absolute atomic E-state index is 0.0562. The van der Waals surface area contributed by atoms with Crippen LogP contribution in [-0.4, -0.2) is 59.6 Å². The van der Waals surface area contributed by atoms with Gasteiger partial charge in [0.05, 0.1) is 0 Å². The summed E-state index contributed by atoms with van der Waals surface area (Å²) >= 11 is 5.84.